The fourth-order valence-corrected chi connectivity index (χ4v) is 2.72. The first-order valence-corrected chi connectivity index (χ1v) is 7.97. The molecule has 0 saturated carbocycles. The summed E-state index contributed by atoms with van der Waals surface area (Å²) in [5.41, 5.74) is 6.00. The summed E-state index contributed by atoms with van der Waals surface area (Å²) in [5.74, 6) is 0.554. The standard InChI is InChI=1S/C16H19ClN4O2/c17-14-9-12(3-4-15(14)23-8-1-5-18)16(22)20-10-13(11-20)21-7-2-6-19-21/h2-4,6-7,9,13H,1,5,8,10-11,18H2. The number of ether oxygens (including phenoxy) is 1. The highest BCUT2D eigenvalue weighted by Gasteiger charge is 2.32. The van der Waals surface area contributed by atoms with Crippen molar-refractivity contribution < 1.29 is 9.53 Å². The van der Waals surface area contributed by atoms with Crippen LogP contribution in [0.25, 0.3) is 0 Å². The van der Waals surface area contributed by atoms with Crippen molar-refractivity contribution in [1.29, 1.82) is 0 Å². The van der Waals surface area contributed by atoms with Gasteiger partial charge in [0.05, 0.1) is 17.7 Å². The van der Waals surface area contributed by atoms with Gasteiger partial charge in [-0.2, -0.15) is 5.10 Å². The van der Waals surface area contributed by atoms with Crippen LogP contribution in [0.3, 0.4) is 0 Å². The number of nitrogens with two attached hydrogens (primary N) is 1. The molecular weight excluding hydrogens is 316 g/mol. The first kappa shape index (κ1) is 15.8. The quantitative estimate of drug-likeness (QED) is 0.820. The third kappa shape index (κ3) is 3.48. The first-order chi connectivity index (χ1) is 11.2. The van der Waals surface area contributed by atoms with Crippen molar-refractivity contribution in [2.75, 3.05) is 26.2 Å². The van der Waals surface area contributed by atoms with Crippen LogP contribution in [0.15, 0.2) is 36.7 Å². The summed E-state index contributed by atoms with van der Waals surface area (Å²) in [7, 11) is 0. The third-order valence-corrected chi connectivity index (χ3v) is 4.13. The molecule has 122 valence electrons. The second-order valence-electron chi connectivity index (χ2n) is 5.49. The zero-order valence-corrected chi connectivity index (χ0v) is 13.4. The molecule has 2 aromatic rings. The average Bonchev–Trinajstić information content (AvgIpc) is 3.01. The molecule has 0 spiro atoms. The molecule has 23 heavy (non-hydrogen) atoms. The Morgan fingerprint density at radius 3 is 2.91 bits per heavy atom. The molecule has 7 heteroatoms. The number of carbonyl (C=O) groups excluding carboxylic acids is 1. The molecule has 1 fully saturated rings. The highest BCUT2D eigenvalue weighted by molar-refractivity contribution is 6.32. The van der Waals surface area contributed by atoms with E-state index < -0.39 is 0 Å². The van der Waals surface area contributed by atoms with Gasteiger partial charge in [0.2, 0.25) is 0 Å². The lowest BCUT2D eigenvalue weighted by Crippen LogP contribution is -2.50. The predicted molar refractivity (Wildman–Crippen MR) is 87.8 cm³/mol. The summed E-state index contributed by atoms with van der Waals surface area (Å²) in [6, 6.07) is 7.27. The van der Waals surface area contributed by atoms with Crippen LogP contribution in [-0.4, -0.2) is 46.8 Å². The third-order valence-electron chi connectivity index (χ3n) is 3.83. The van der Waals surface area contributed by atoms with E-state index in [-0.39, 0.29) is 11.9 Å². The molecule has 1 aromatic carbocycles. The minimum Gasteiger partial charge on any atom is -0.492 e. The summed E-state index contributed by atoms with van der Waals surface area (Å²) in [5, 5.41) is 4.64. The predicted octanol–water partition coefficient (Wildman–Crippen LogP) is 1.96. The van der Waals surface area contributed by atoms with Gasteiger partial charge in [-0.3, -0.25) is 9.48 Å². The van der Waals surface area contributed by atoms with E-state index in [9.17, 15) is 4.79 Å². The van der Waals surface area contributed by atoms with Crippen LogP contribution in [0.4, 0.5) is 0 Å². The van der Waals surface area contributed by atoms with Gasteiger partial charge in [0.25, 0.3) is 5.91 Å². The average molecular weight is 335 g/mol. The maximum Gasteiger partial charge on any atom is 0.254 e. The highest BCUT2D eigenvalue weighted by atomic mass is 35.5. The monoisotopic (exact) mass is 334 g/mol. The number of aromatic nitrogens is 2. The van der Waals surface area contributed by atoms with Gasteiger partial charge in [0.15, 0.2) is 0 Å². The van der Waals surface area contributed by atoms with Crippen molar-refractivity contribution in [1.82, 2.24) is 14.7 Å². The van der Waals surface area contributed by atoms with Crippen LogP contribution in [0, 0.1) is 0 Å². The molecular formula is C16H19ClN4O2. The lowest BCUT2D eigenvalue weighted by Gasteiger charge is -2.39. The van der Waals surface area contributed by atoms with E-state index in [2.05, 4.69) is 5.10 Å². The lowest BCUT2D eigenvalue weighted by atomic mass is 10.1. The Balaban J connectivity index is 1.59. The van der Waals surface area contributed by atoms with Crippen LogP contribution in [0.5, 0.6) is 5.75 Å². The largest absolute Gasteiger partial charge is 0.492 e. The molecule has 1 saturated heterocycles. The maximum atomic E-state index is 12.4. The number of benzene rings is 1. The second-order valence-corrected chi connectivity index (χ2v) is 5.89. The molecule has 0 unspecified atom stereocenters. The van der Waals surface area contributed by atoms with Gasteiger partial charge >= 0.3 is 0 Å². The summed E-state index contributed by atoms with van der Waals surface area (Å²) in [6.45, 7) is 2.40. The molecule has 2 N–H and O–H groups in total. The zero-order chi connectivity index (χ0) is 16.2. The fourth-order valence-electron chi connectivity index (χ4n) is 2.48. The summed E-state index contributed by atoms with van der Waals surface area (Å²) in [4.78, 5) is 14.2. The number of carbonyl (C=O) groups is 1. The van der Waals surface area contributed by atoms with Crippen LogP contribution in [0.1, 0.15) is 22.8 Å². The Kier molecular flexibility index (Phi) is 4.83. The molecule has 0 aliphatic carbocycles. The van der Waals surface area contributed by atoms with Crippen LogP contribution in [0.2, 0.25) is 5.02 Å². The minimum absolute atomic E-state index is 0.0242. The van der Waals surface area contributed by atoms with E-state index in [0.29, 0.717) is 42.6 Å². The van der Waals surface area contributed by atoms with Gasteiger partial charge in [-0.05, 0) is 37.2 Å². The van der Waals surface area contributed by atoms with Gasteiger partial charge in [-0.1, -0.05) is 11.6 Å². The van der Waals surface area contributed by atoms with E-state index >= 15 is 0 Å². The number of hydrogen-bond acceptors (Lipinski definition) is 4. The molecule has 0 radical (unpaired) electrons. The van der Waals surface area contributed by atoms with E-state index in [1.54, 1.807) is 29.3 Å². The van der Waals surface area contributed by atoms with Gasteiger partial charge in [0.1, 0.15) is 5.75 Å². The zero-order valence-electron chi connectivity index (χ0n) is 12.7. The summed E-state index contributed by atoms with van der Waals surface area (Å²) >= 11 is 6.19. The van der Waals surface area contributed by atoms with E-state index in [1.807, 2.05) is 16.9 Å². The molecule has 1 aliphatic heterocycles. The van der Waals surface area contributed by atoms with Gasteiger partial charge < -0.3 is 15.4 Å². The number of likely N-dealkylation sites (tertiary alicyclic amines) is 1. The van der Waals surface area contributed by atoms with Crippen molar-refractivity contribution in [3.63, 3.8) is 0 Å². The Morgan fingerprint density at radius 2 is 2.26 bits per heavy atom. The Bertz CT molecular complexity index is 669. The summed E-state index contributed by atoms with van der Waals surface area (Å²) < 4.78 is 7.41. The van der Waals surface area contributed by atoms with Crippen molar-refractivity contribution in [2.45, 2.75) is 12.5 Å². The number of halogens is 1. The van der Waals surface area contributed by atoms with Gasteiger partial charge in [-0.15, -0.1) is 0 Å². The minimum atomic E-state index is -0.0242. The van der Waals surface area contributed by atoms with E-state index in [4.69, 9.17) is 22.1 Å². The molecule has 6 nitrogen and oxygen atoms in total. The Hall–Kier alpha value is -2.05. The Morgan fingerprint density at radius 1 is 1.43 bits per heavy atom. The smallest absolute Gasteiger partial charge is 0.254 e. The maximum absolute atomic E-state index is 12.4. The molecule has 1 aromatic heterocycles. The Labute approximate surface area is 139 Å². The lowest BCUT2D eigenvalue weighted by molar-refractivity contribution is 0.0501. The topological polar surface area (TPSA) is 73.4 Å². The SMILES string of the molecule is NCCCOc1ccc(C(=O)N2CC(n3cccn3)C2)cc1Cl. The normalized spacial score (nSPS) is 14.6. The fraction of sp³-hybridized carbons (Fsp3) is 0.375. The van der Waals surface area contributed by atoms with E-state index in [1.165, 1.54) is 0 Å². The van der Waals surface area contributed by atoms with Gasteiger partial charge in [0, 0.05) is 31.0 Å². The molecule has 3 rings (SSSR count). The van der Waals surface area contributed by atoms with Crippen molar-refractivity contribution in [3.05, 3.63) is 47.2 Å². The van der Waals surface area contributed by atoms with Gasteiger partial charge in [-0.25, -0.2) is 0 Å². The van der Waals surface area contributed by atoms with Crippen LogP contribution in [-0.2, 0) is 0 Å². The number of rotatable bonds is 6. The molecule has 1 aliphatic rings. The molecule has 2 heterocycles. The molecule has 1 amide bonds. The number of nitrogens with zero attached hydrogens (tertiary/aromatic N) is 3. The van der Waals surface area contributed by atoms with E-state index in [0.717, 1.165) is 6.42 Å². The second kappa shape index (κ2) is 7.02. The molecule has 0 atom stereocenters. The first-order valence-electron chi connectivity index (χ1n) is 7.60. The van der Waals surface area contributed by atoms with Crippen molar-refractivity contribution >= 4 is 17.5 Å². The van der Waals surface area contributed by atoms with Crippen LogP contribution >= 0.6 is 11.6 Å². The molecule has 0 bridgehead atoms. The highest BCUT2D eigenvalue weighted by Crippen LogP contribution is 2.28. The number of hydrogen-bond donors (Lipinski definition) is 1. The summed E-state index contributed by atoms with van der Waals surface area (Å²) in [6.07, 6.45) is 4.42. The van der Waals surface area contributed by atoms with Crippen molar-refractivity contribution in [3.8, 4) is 5.75 Å². The number of amides is 1. The van der Waals surface area contributed by atoms with Crippen LogP contribution < -0.4 is 10.5 Å². The van der Waals surface area contributed by atoms with Crippen molar-refractivity contribution in [2.24, 2.45) is 5.73 Å².